The van der Waals surface area contributed by atoms with Crippen LogP contribution in [-0.4, -0.2) is 25.9 Å². The Kier molecular flexibility index (Phi) is 7.07. The molecule has 0 saturated carbocycles. The normalized spacial score (nSPS) is 11.1. The fraction of sp³-hybridized carbons (Fsp3) is 0.238. The summed E-state index contributed by atoms with van der Waals surface area (Å²) in [6, 6.07) is 12.0. The SMILES string of the molecule is Cc1ccc(C)c(OCCCC(=O)Nc2ccc(S(=O)(=O)Nc3nccs3)cc2)c1. The molecule has 0 spiro atoms. The van der Waals surface area contributed by atoms with Crippen LogP contribution in [0.5, 0.6) is 5.75 Å². The minimum atomic E-state index is -3.71. The summed E-state index contributed by atoms with van der Waals surface area (Å²) in [6.07, 6.45) is 2.40. The molecule has 0 aliphatic carbocycles. The summed E-state index contributed by atoms with van der Waals surface area (Å²) in [6.45, 7) is 4.43. The molecule has 158 valence electrons. The van der Waals surface area contributed by atoms with Crippen molar-refractivity contribution in [3.8, 4) is 5.75 Å². The van der Waals surface area contributed by atoms with E-state index < -0.39 is 10.0 Å². The molecule has 0 fully saturated rings. The molecule has 3 rings (SSSR count). The Morgan fingerprint density at radius 2 is 1.90 bits per heavy atom. The Morgan fingerprint density at radius 3 is 2.60 bits per heavy atom. The van der Waals surface area contributed by atoms with Gasteiger partial charge < -0.3 is 10.1 Å². The molecule has 2 N–H and O–H groups in total. The maximum Gasteiger partial charge on any atom is 0.263 e. The monoisotopic (exact) mass is 445 g/mol. The molecule has 0 atom stereocenters. The smallest absolute Gasteiger partial charge is 0.263 e. The summed E-state index contributed by atoms with van der Waals surface area (Å²) in [4.78, 5) is 16.1. The average Bonchev–Trinajstić information content (AvgIpc) is 3.20. The minimum Gasteiger partial charge on any atom is -0.493 e. The summed E-state index contributed by atoms with van der Waals surface area (Å²) < 4.78 is 32.8. The van der Waals surface area contributed by atoms with E-state index in [0.29, 0.717) is 30.3 Å². The molecule has 0 saturated heterocycles. The van der Waals surface area contributed by atoms with E-state index in [4.69, 9.17) is 4.74 Å². The fourth-order valence-electron chi connectivity index (χ4n) is 2.67. The first-order chi connectivity index (χ1) is 14.3. The van der Waals surface area contributed by atoms with E-state index in [-0.39, 0.29) is 10.8 Å². The van der Waals surface area contributed by atoms with Crippen molar-refractivity contribution in [1.29, 1.82) is 0 Å². The van der Waals surface area contributed by atoms with Crippen molar-refractivity contribution >= 4 is 38.1 Å². The molecule has 2 aromatic carbocycles. The molecule has 0 aliphatic rings. The van der Waals surface area contributed by atoms with Gasteiger partial charge in [-0.15, -0.1) is 11.3 Å². The number of hydrogen-bond donors (Lipinski definition) is 2. The Bertz CT molecular complexity index is 1100. The zero-order valence-corrected chi connectivity index (χ0v) is 18.3. The molecule has 1 amide bonds. The molecule has 1 heterocycles. The maximum absolute atomic E-state index is 12.3. The van der Waals surface area contributed by atoms with Crippen molar-refractivity contribution in [3.63, 3.8) is 0 Å². The summed E-state index contributed by atoms with van der Waals surface area (Å²) >= 11 is 1.20. The van der Waals surface area contributed by atoms with E-state index in [1.54, 1.807) is 17.5 Å². The van der Waals surface area contributed by atoms with E-state index in [9.17, 15) is 13.2 Å². The highest BCUT2D eigenvalue weighted by Gasteiger charge is 2.15. The predicted octanol–water partition coefficient (Wildman–Crippen LogP) is 4.36. The van der Waals surface area contributed by atoms with Gasteiger partial charge in [-0.25, -0.2) is 13.4 Å². The van der Waals surface area contributed by atoms with Crippen LogP contribution in [0.4, 0.5) is 10.8 Å². The molecule has 30 heavy (non-hydrogen) atoms. The molecule has 0 radical (unpaired) electrons. The third kappa shape index (κ3) is 6.04. The van der Waals surface area contributed by atoms with Crippen molar-refractivity contribution in [3.05, 3.63) is 65.2 Å². The van der Waals surface area contributed by atoms with Crippen LogP contribution in [-0.2, 0) is 14.8 Å². The number of rotatable bonds is 9. The Labute approximate surface area is 180 Å². The lowest BCUT2D eigenvalue weighted by molar-refractivity contribution is -0.116. The van der Waals surface area contributed by atoms with Crippen molar-refractivity contribution in [2.24, 2.45) is 0 Å². The van der Waals surface area contributed by atoms with Crippen molar-refractivity contribution in [2.45, 2.75) is 31.6 Å². The number of hydrogen-bond acceptors (Lipinski definition) is 6. The summed E-state index contributed by atoms with van der Waals surface area (Å²) in [5, 5.41) is 4.75. The van der Waals surface area contributed by atoms with Crippen LogP contribution in [0.1, 0.15) is 24.0 Å². The second-order valence-electron chi connectivity index (χ2n) is 6.74. The molecule has 7 nitrogen and oxygen atoms in total. The summed E-state index contributed by atoms with van der Waals surface area (Å²) in [5.41, 5.74) is 2.72. The van der Waals surface area contributed by atoms with Crippen molar-refractivity contribution in [2.75, 3.05) is 16.6 Å². The van der Waals surface area contributed by atoms with Gasteiger partial charge in [0, 0.05) is 23.7 Å². The van der Waals surface area contributed by atoms with Gasteiger partial charge in [0.15, 0.2) is 5.13 Å². The molecular weight excluding hydrogens is 422 g/mol. The number of carbonyl (C=O) groups is 1. The van der Waals surface area contributed by atoms with E-state index >= 15 is 0 Å². The summed E-state index contributed by atoms with van der Waals surface area (Å²) in [5.74, 6) is 0.676. The number of carbonyl (C=O) groups excluding carboxylic acids is 1. The number of aryl methyl sites for hydroxylation is 2. The Balaban J connectivity index is 1.47. The number of sulfonamides is 1. The van der Waals surface area contributed by atoms with Gasteiger partial charge in [-0.2, -0.15) is 0 Å². The van der Waals surface area contributed by atoms with Crippen LogP contribution in [0.25, 0.3) is 0 Å². The van der Waals surface area contributed by atoms with E-state index in [2.05, 4.69) is 15.0 Å². The lowest BCUT2D eigenvalue weighted by Gasteiger charge is -2.10. The van der Waals surface area contributed by atoms with Gasteiger partial charge in [0.1, 0.15) is 5.75 Å². The third-order valence-corrected chi connectivity index (χ3v) is 6.42. The zero-order chi connectivity index (χ0) is 21.6. The van der Waals surface area contributed by atoms with E-state index in [1.807, 2.05) is 32.0 Å². The number of aromatic nitrogens is 1. The van der Waals surface area contributed by atoms with Crippen molar-refractivity contribution in [1.82, 2.24) is 4.98 Å². The molecule has 0 unspecified atom stereocenters. The number of thiazole rings is 1. The van der Waals surface area contributed by atoms with Gasteiger partial charge in [-0.3, -0.25) is 9.52 Å². The first-order valence-corrected chi connectivity index (χ1v) is 11.7. The van der Waals surface area contributed by atoms with Gasteiger partial charge >= 0.3 is 0 Å². The number of nitrogens with zero attached hydrogens (tertiary/aromatic N) is 1. The highest BCUT2D eigenvalue weighted by molar-refractivity contribution is 7.93. The van der Waals surface area contributed by atoms with E-state index in [1.165, 1.54) is 29.7 Å². The van der Waals surface area contributed by atoms with Crippen LogP contribution < -0.4 is 14.8 Å². The standard InChI is InChI=1S/C21H23N3O4S2/c1-15-5-6-16(2)19(14-15)28-12-3-4-20(25)23-17-7-9-18(10-8-17)30(26,27)24-21-22-11-13-29-21/h5-11,13-14H,3-4,12H2,1-2H3,(H,22,24)(H,23,25). The fourth-order valence-corrected chi connectivity index (χ4v) is 4.46. The molecule has 0 bridgehead atoms. The molecule has 0 aliphatic heterocycles. The van der Waals surface area contributed by atoms with Crippen LogP contribution in [0, 0.1) is 13.8 Å². The zero-order valence-electron chi connectivity index (χ0n) is 16.7. The average molecular weight is 446 g/mol. The van der Waals surface area contributed by atoms with Crippen LogP contribution >= 0.6 is 11.3 Å². The van der Waals surface area contributed by atoms with Crippen LogP contribution in [0.15, 0.2) is 58.9 Å². The van der Waals surface area contributed by atoms with Gasteiger partial charge in [-0.1, -0.05) is 12.1 Å². The van der Waals surface area contributed by atoms with Crippen molar-refractivity contribution < 1.29 is 17.9 Å². The summed E-state index contributed by atoms with van der Waals surface area (Å²) in [7, 11) is -3.71. The largest absolute Gasteiger partial charge is 0.493 e. The lowest BCUT2D eigenvalue weighted by atomic mass is 10.1. The first kappa shape index (κ1) is 21.8. The molecular formula is C21H23N3O4S2. The van der Waals surface area contributed by atoms with E-state index in [0.717, 1.165) is 16.9 Å². The van der Waals surface area contributed by atoms with Crippen LogP contribution in [0.2, 0.25) is 0 Å². The second-order valence-corrected chi connectivity index (χ2v) is 9.31. The Morgan fingerprint density at radius 1 is 1.13 bits per heavy atom. The topological polar surface area (TPSA) is 97.4 Å². The number of amides is 1. The maximum atomic E-state index is 12.3. The third-order valence-electron chi connectivity index (χ3n) is 4.25. The van der Waals surface area contributed by atoms with Gasteiger partial charge in [-0.05, 0) is 61.7 Å². The van der Waals surface area contributed by atoms with Gasteiger partial charge in [0.2, 0.25) is 5.91 Å². The quantitative estimate of drug-likeness (QED) is 0.477. The van der Waals surface area contributed by atoms with Gasteiger partial charge in [0.25, 0.3) is 10.0 Å². The minimum absolute atomic E-state index is 0.0950. The molecule has 3 aromatic rings. The number of nitrogens with one attached hydrogen (secondary N) is 2. The number of anilines is 2. The van der Waals surface area contributed by atoms with Gasteiger partial charge in [0.05, 0.1) is 11.5 Å². The molecule has 9 heteroatoms. The predicted molar refractivity (Wildman–Crippen MR) is 119 cm³/mol. The van der Waals surface area contributed by atoms with Crippen LogP contribution in [0.3, 0.4) is 0 Å². The number of ether oxygens (including phenoxy) is 1. The highest BCUT2D eigenvalue weighted by Crippen LogP contribution is 2.21. The first-order valence-electron chi connectivity index (χ1n) is 9.36. The number of benzene rings is 2. The molecule has 1 aromatic heterocycles. The lowest BCUT2D eigenvalue weighted by Crippen LogP contribution is -2.14. The Hall–Kier alpha value is -2.91. The second kappa shape index (κ2) is 9.73. The highest BCUT2D eigenvalue weighted by atomic mass is 32.2.